The van der Waals surface area contributed by atoms with Crippen molar-refractivity contribution in [1.82, 2.24) is 10.3 Å². The van der Waals surface area contributed by atoms with Crippen molar-refractivity contribution in [1.29, 1.82) is 0 Å². The minimum atomic E-state index is -0.0418. The molecular weight excluding hydrogens is 386 g/mol. The molecule has 0 saturated heterocycles. The van der Waals surface area contributed by atoms with Gasteiger partial charge >= 0.3 is 0 Å². The molecule has 3 N–H and O–H groups in total. The van der Waals surface area contributed by atoms with Gasteiger partial charge in [0.15, 0.2) is 11.5 Å². The molecule has 4 rings (SSSR count). The van der Waals surface area contributed by atoms with E-state index < -0.39 is 0 Å². The second-order valence-electron chi connectivity index (χ2n) is 7.58. The van der Waals surface area contributed by atoms with E-state index in [0.717, 1.165) is 40.6 Å². The zero-order valence-electron chi connectivity index (χ0n) is 16.7. The van der Waals surface area contributed by atoms with Crippen molar-refractivity contribution in [2.45, 2.75) is 37.8 Å². The zero-order valence-corrected chi connectivity index (χ0v) is 17.5. The van der Waals surface area contributed by atoms with Gasteiger partial charge in [0, 0.05) is 29.4 Å². The highest BCUT2D eigenvalue weighted by molar-refractivity contribution is 6.32. The molecule has 1 fully saturated rings. The molecule has 0 unspecified atom stereocenters. The third-order valence-corrected chi connectivity index (χ3v) is 6.11. The summed E-state index contributed by atoms with van der Waals surface area (Å²) in [6, 6.07) is 12.8. The molecule has 152 valence electrons. The van der Waals surface area contributed by atoms with Gasteiger partial charge < -0.3 is 20.5 Å². The van der Waals surface area contributed by atoms with Crippen molar-refractivity contribution < 1.29 is 9.84 Å². The summed E-state index contributed by atoms with van der Waals surface area (Å²) in [5.74, 6) is 0.318. The van der Waals surface area contributed by atoms with E-state index in [-0.39, 0.29) is 10.8 Å². The summed E-state index contributed by atoms with van der Waals surface area (Å²) in [4.78, 5) is 4.52. The largest absolute Gasteiger partial charge is 0.503 e. The molecule has 1 aliphatic rings. The topological polar surface area (TPSA) is 66.4 Å². The maximum atomic E-state index is 10.0. The Bertz CT molecular complexity index is 1020. The minimum absolute atomic E-state index is 0.0418. The Balaban J connectivity index is 1.67. The molecule has 0 spiro atoms. The Morgan fingerprint density at radius 1 is 1.03 bits per heavy atom. The van der Waals surface area contributed by atoms with Gasteiger partial charge in [0.05, 0.1) is 17.6 Å². The number of rotatable bonds is 5. The van der Waals surface area contributed by atoms with E-state index in [1.165, 1.54) is 20.0 Å². The molecule has 0 radical (unpaired) electrons. The molecule has 0 atom stereocenters. The van der Waals surface area contributed by atoms with Gasteiger partial charge in [-0.05, 0) is 74.2 Å². The normalized spacial score (nSPS) is 19.3. The zero-order chi connectivity index (χ0) is 20.4. The molecule has 3 aromatic rings. The van der Waals surface area contributed by atoms with E-state index in [1.54, 1.807) is 12.1 Å². The second-order valence-corrected chi connectivity index (χ2v) is 7.99. The molecule has 1 saturated carbocycles. The molecule has 0 amide bonds. The maximum Gasteiger partial charge on any atom is 0.176 e. The molecule has 5 nitrogen and oxygen atoms in total. The number of ether oxygens (including phenoxy) is 1. The maximum absolute atomic E-state index is 10.0. The van der Waals surface area contributed by atoms with Crippen LogP contribution in [0.4, 0.5) is 5.69 Å². The van der Waals surface area contributed by atoms with Gasteiger partial charge in [-0.1, -0.05) is 17.7 Å². The number of anilines is 1. The Kier molecular flexibility index (Phi) is 5.79. The van der Waals surface area contributed by atoms with Crippen LogP contribution in [-0.2, 0) is 0 Å². The van der Waals surface area contributed by atoms with Crippen molar-refractivity contribution in [3.63, 3.8) is 0 Å². The van der Waals surface area contributed by atoms with Crippen LogP contribution in [0, 0.1) is 0 Å². The standard InChI is InChI=1S/C23H26ClN3O2/c1-25-16-4-6-17(7-5-16)27-21-9-10-26-20-8-3-14(11-18(20)21)15-12-19(24)23(28)22(13-15)29-2/h3,8-13,16-17,25,28H,4-7H2,1-2H3,(H,26,27). The number of nitrogens with zero attached hydrogens (tertiary/aromatic N) is 1. The fourth-order valence-electron chi connectivity index (χ4n) is 4.09. The average molecular weight is 412 g/mol. The highest BCUT2D eigenvalue weighted by Gasteiger charge is 2.20. The quantitative estimate of drug-likeness (QED) is 0.537. The Morgan fingerprint density at radius 3 is 2.52 bits per heavy atom. The highest BCUT2D eigenvalue weighted by Crippen LogP contribution is 2.39. The lowest BCUT2D eigenvalue weighted by Gasteiger charge is -2.29. The Morgan fingerprint density at radius 2 is 1.79 bits per heavy atom. The number of aromatic nitrogens is 1. The minimum Gasteiger partial charge on any atom is -0.503 e. The van der Waals surface area contributed by atoms with Gasteiger partial charge in [-0.25, -0.2) is 0 Å². The van der Waals surface area contributed by atoms with Crippen LogP contribution in [0.2, 0.25) is 5.02 Å². The number of phenols is 1. The van der Waals surface area contributed by atoms with Crippen LogP contribution in [0.3, 0.4) is 0 Å². The van der Waals surface area contributed by atoms with Crippen molar-refractivity contribution in [3.8, 4) is 22.6 Å². The summed E-state index contributed by atoms with van der Waals surface area (Å²) >= 11 is 6.19. The van der Waals surface area contributed by atoms with E-state index in [1.807, 2.05) is 31.4 Å². The van der Waals surface area contributed by atoms with Crippen LogP contribution in [0.15, 0.2) is 42.6 Å². The lowest BCUT2D eigenvalue weighted by atomic mass is 9.91. The van der Waals surface area contributed by atoms with Gasteiger partial charge in [0.1, 0.15) is 0 Å². The number of benzene rings is 2. The first-order valence-corrected chi connectivity index (χ1v) is 10.4. The lowest BCUT2D eigenvalue weighted by molar-refractivity contribution is 0.371. The SMILES string of the molecule is CNC1CCC(Nc2ccnc3ccc(-c4cc(Cl)c(O)c(OC)c4)cc23)CC1. The number of nitrogens with one attached hydrogen (secondary N) is 2. The highest BCUT2D eigenvalue weighted by atomic mass is 35.5. The van der Waals surface area contributed by atoms with Gasteiger partial charge in [0.2, 0.25) is 0 Å². The summed E-state index contributed by atoms with van der Waals surface area (Å²) in [6.07, 6.45) is 6.53. The van der Waals surface area contributed by atoms with E-state index in [2.05, 4.69) is 21.7 Å². The predicted octanol–water partition coefficient (Wildman–Crippen LogP) is 5.21. The molecule has 6 heteroatoms. The number of phenolic OH excluding ortho intramolecular Hbond substituents is 1. The van der Waals surface area contributed by atoms with Crippen molar-refractivity contribution >= 4 is 28.2 Å². The van der Waals surface area contributed by atoms with Gasteiger partial charge in [0.25, 0.3) is 0 Å². The Labute approximate surface area is 176 Å². The van der Waals surface area contributed by atoms with Crippen LogP contribution < -0.4 is 15.4 Å². The summed E-state index contributed by atoms with van der Waals surface area (Å²) in [5, 5.41) is 18.5. The number of hydrogen-bond donors (Lipinski definition) is 3. The predicted molar refractivity (Wildman–Crippen MR) is 119 cm³/mol. The molecule has 1 heterocycles. The number of hydrogen-bond acceptors (Lipinski definition) is 5. The number of aromatic hydroxyl groups is 1. The van der Waals surface area contributed by atoms with E-state index in [9.17, 15) is 5.11 Å². The van der Waals surface area contributed by atoms with Crippen LogP contribution in [0.25, 0.3) is 22.0 Å². The van der Waals surface area contributed by atoms with Crippen molar-refractivity contribution in [3.05, 3.63) is 47.6 Å². The summed E-state index contributed by atoms with van der Waals surface area (Å²) < 4.78 is 5.25. The molecule has 0 aliphatic heterocycles. The number of fused-ring (bicyclic) bond motifs is 1. The fourth-order valence-corrected chi connectivity index (χ4v) is 4.30. The van der Waals surface area contributed by atoms with Crippen LogP contribution in [0.1, 0.15) is 25.7 Å². The van der Waals surface area contributed by atoms with E-state index >= 15 is 0 Å². The first-order valence-electron chi connectivity index (χ1n) is 9.98. The monoisotopic (exact) mass is 411 g/mol. The summed E-state index contributed by atoms with van der Waals surface area (Å²) in [7, 11) is 3.56. The van der Waals surface area contributed by atoms with E-state index in [4.69, 9.17) is 16.3 Å². The second kappa shape index (κ2) is 8.47. The van der Waals surface area contributed by atoms with Crippen molar-refractivity contribution in [2.75, 3.05) is 19.5 Å². The molecular formula is C23H26ClN3O2. The number of halogens is 1. The smallest absolute Gasteiger partial charge is 0.176 e. The Hall–Kier alpha value is -2.50. The first kappa shape index (κ1) is 19.8. The molecule has 0 bridgehead atoms. The summed E-state index contributed by atoms with van der Waals surface area (Å²) in [6.45, 7) is 0. The fraction of sp³-hybridized carbons (Fsp3) is 0.348. The van der Waals surface area contributed by atoms with Gasteiger partial charge in [-0.3, -0.25) is 4.98 Å². The van der Waals surface area contributed by atoms with E-state index in [0.29, 0.717) is 17.8 Å². The molecule has 1 aliphatic carbocycles. The third kappa shape index (κ3) is 4.11. The van der Waals surface area contributed by atoms with Crippen LogP contribution in [0.5, 0.6) is 11.5 Å². The number of methoxy groups -OCH3 is 1. The average Bonchev–Trinajstić information content (AvgIpc) is 2.76. The van der Waals surface area contributed by atoms with Crippen molar-refractivity contribution in [2.24, 2.45) is 0 Å². The van der Waals surface area contributed by atoms with Gasteiger partial charge in [-0.15, -0.1) is 0 Å². The van der Waals surface area contributed by atoms with Crippen LogP contribution in [-0.4, -0.2) is 36.3 Å². The molecule has 29 heavy (non-hydrogen) atoms. The molecule has 1 aromatic heterocycles. The number of pyridine rings is 1. The molecule has 2 aromatic carbocycles. The van der Waals surface area contributed by atoms with Crippen LogP contribution >= 0.6 is 11.6 Å². The third-order valence-electron chi connectivity index (χ3n) is 5.82. The summed E-state index contributed by atoms with van der Waals surface area (Å²) in [5.41, 5.74) is 3.92. The first-order chi connectivity index (χ1) is 14.1. The lowest BCUT2D eigenvalue weighted by Crippen LogP contribution is -2.35. The van der Waals surface area contributed by atoms with Gasteiger partial charge in [-0.2, -0.15) is 0 Å².